The van der Waals surface area contributed by atoms with Gasteiger partial charge < -0.3 is 0 Å². The highest BCUT2D eigenvalue weighted by Gasteiger charge is 2.28. The number of benzene rings is 2. The summed E-state index contributed by atoms with van der Waals surface area (Å²) in [6.07, 6.45) is -0.411. The molecule has 2 aromatic carbocycles. The first-order chi connectivity index (χ1) is 7.13. The highest BCUT2D eigenvalue weighted by Crippen LogP contribution is 2.32. The van der Waals surface area contributed by atoms with Gasteiger partial charge in [0.25, 0.3) is 5.92 Å². The zero-order chi connectivity index (χ0) is 10.9. The number of halogens is 2. The Morgan fingerprint density at radius 2 is 1.67 bits per heavy atom. The summed E-state index contributed by atoms with van der Waals surface area (Å²) in [4.78, 5) is 0. The van der Waals surface area contributed by atoms with E-state index in [0.717, 1.165) is 10.8 Å². The van der Waals surface area contributed by atoms with Crippen LogP contribution in [0.4, 0.5) is 8.78 Å². The molecule has 2 heteroatoms. The van der Waals surface area contributed by atoms with Crippen molar-refractivity contribution in [2.24, 2.45) is 0 Å². The van der Waals surface area contributed by atoms with E-state index in [1.165, 1.54) is 12.1 Å². The van der Waals surface area contributed by atoms with E-state index in [1.807, 2.05) is 24.3 Å². The Bertz CT molecular complexity index is 475. The molecule has 0 atom stereocenters. The molecule has 15 heavy (non-hydrogen) atoms. The molecular weight excluding hydrogens is 194 g/mol. The molecule has 77 valence electrons. The second-order valence-electron chi connectivity index (χ2n) is 3.52. The maximum Gasteiger partial charge on any atom is 0.273 e. The van der Waals surface area contributed by atoms with Crippen LogP contribution in [0.25, 0.3) is 10.8 Å². The molecule has 0 heterocycles. The summed E-state index contributed by atoms with van der Waals surface area (Å²) in [5.74, 6) is -2.83. The fourth-order valence-corrected chi connectivity index (χ4v) is 1.56. The Morgan fingerprint density at radius 3 is 2.33 bits per heavy atom. The first kappa shape index (κ1) is 10.1. The van der Waals surface area contributed by atoms with Crippen molar-refractivity contribution in [3.05, 3.63) is 55.0 Å². The SMILES string of the molecule is [CH2]CC(F)(F)c1ccc2ccccc2c1. The van der Waals surface area contributed by atoms with Gasteiger partial charge in [0.2, 0.25) is 0 Å². The van der Waals surface area contributed by atoms with Gasteiger partial charge in [-0.05, 0) is 23.8 Å². The Hall–Kier alpha value is -1.44. The minimum Gasteiger partial charge on any atom is -0.201 e. The van der Waals surface area contributed by atoms with Gasteiger partial charge in [-0.25, -0.2) is 8.78 Å². The standard InChI is InChI=1S/C13H11F2/c1-2-13(14,15)12-8-7-10-5-3-4-6-11(10)9-12/h3-9H,1-2H2. The quantitative estimate of drug-likeness (QED) is 0.690. The van der Waals surface area contributed by atoms with Crippen LogP contribution in [-0.4, -0.2) is 0 Å². The van der Waals surface area contributed by atoms with E-state index in [2.05, 4.69) is 6.92 Å². The van der Waals surface area contributed by atoms with E-state index < -0.39 is 12.3 Å². The molecule has 0 N–H and O–H groups in total. The van der Waals surface area contributed by atoms with Crippen LogP contribution in [0.15, 0.2) is 42.5 Å². The van der Waals surface area contributed by atoms with E-state index in [4.69, 9.17) is 0 Å². The second kappa shape index (κ2) is 3.61. The van der Waals surface area contributed by atoms with Crippen molar-refractivity contribution < 1.29 is 8.78 Å². The molecule has 0 aliphatic carbocycles. The lowest BCUT2D eigenvalue weighted by Crippen LogP contribution is -2.11. The summed E-state index contributed by atoms with van der Waals surface area (Å²) in [5, 5.41) is 1.81. The molecule has 0 aliphatic rings. The van der Waals surface area contributed by atoms with Crippen molar-refractivity contribution in [2.45, 2.75) is 12.3 Å². The number of hydrogen-bond donors (Lipinski definition) is 0. The topological polar surface area (TPSA) is 0 Å². The third-order valence-corrected chi connectivity index (χ3v) is 2.49. The number of hydrogen-bond acceptors (Lipinski definition) is 0. The summed E-state index contributed by atoms with van der Waals surface area (Å²) < 4.78 is 26.7. The predicted molar refractivity (Wildman–Crippen MR) is 57.8 cm³/mol. The normalized spacial score (nSPS) is 11.9. The van der Waals surface area contributed by atoms with E-state index in [9.17, 15) is 8.78 Å². The zero-order valence-corrected chi connectivity index (χ0v) is 8.21. The number of rotatable bonds is 2. The molecule has 0 bridgehead atoms. The molecule has 2 aromatic rings. The molecule has 0 unspecified atom stereocenters. The Balaban J connectivity index is 2.56. The van der Waals surface area contributed by atoms with Crippen molar-refractivity contribution in [2.75, 3.05) is 0 Å². The van der Waals surface area contributed by atoms with E-state index >= 15 is 0 Å². The molecule has 0 saturated heterocycles. The molecule has 0 aliphatic heterocycles. The van der Waals surface area contributed by atoms with Crippen LogP contribution in [-0.2, 0) is 5.92 Å². The summed E-state index contributed by atoms with van der Waals surface area (Å²) in [6.45, 7) is 3.26. The van der Waals surface area contributed by atoms with Crippen molar-refractivity contribution in [1.82, 2.24) is 0 Å². The summed E-state index contributed by atoms with van der Waals surface area (Å²) in [5.41, 5.74) is 0.0381. The first-order valence-corrected chi connectivity index (χ1v) is 4.80. The smallest absolute Gasteiger partial charge is 0.201 e. The Labute approximate surface area is 87.5 Å². The van der Waals surface area contributed by atoms with Crippen LogP contribution in [0.3, 0.4) is 0 Å². The fourth-order valence-electron chi connectivity index (χ4n) is 1.56. The summed E-state index contributed by atoms with van der Waals surface area (Å²) in [7, 11) is 0. The van der Waals surface area contributed by atoms with Crippen LogP contribution in [0.2, 0.25) is 0 Å². The van der Waals surface area contributed by atoms with Gasteiger partial charge in [0.1, 0.15) is 0 Å². The minimum absolute atomic E-state index is 0.0381. The van der Waals surface area contributed by atoms with Crippen LogP contribution >= 0.6 is 0 Å². The number of alkyl halides is 2. The lowest BCUT2D eigenvalue weighted by molar-refractivity contribution is -0.00155. The predicted octanol–water partition coefficient (Wildman–Crippen LogP) is 4.16. The fraction of sp³-hybridized carbons (Fsp3) is 0.154. The van der Waals surface area contributed by atoms with E-state index in [0.29, 0.717) is 0 Å². The molecule has 1 radical (unpaired) electrons. The van der Waals surface area contributed by atoms with Gasteiger partial charge in [-0.15, -0.1) is 0 Å². The molecule has 0 fully saturated rings. The highest BCUT2D eigenvalue weighted by molar-refractivity contribution is 5.83. The maximum absolute atomic E-state index is 13.4. The van der Waals surface area contributed by atoms with Gasteiger partial charge in [0.05, 0.1) is 0 Å². The zero-order valence-electron chi connectivity index (χ0n) is 8.21. The van der Waals surface area contributed by atoms with Crippen LogP contribution < -0.4 is 0 Å². The average Bonchev–Trinajstić information content (AvgIpc) is 2.28. The average molecular weight is 205 g/mol. The Morgan fingerprint density at radius 1 is 1.00 bits per heavy atom. The molecule has 0 spiro atoms. The lowest BCUT2D eigenvalue weighted by Gasteiger charge is -2.14. The Kier molecular flexibility index (Phi) is 2.43. The van der Waals surface area contributed by atoms with E-state index in [1.54, 1.807) is 6.07 Å². The molecule has 0 saturated carbocycles. The van der Waals surface area contributed by atoms with Gasteiger partial charge in [-0.1, -0.05) is 36.4 Å². The first-order valence-electron chi connectivity index (χ1n) is 4.80. The number of fused-ring (bicyclic) bond motifs is 1. The maximum atomic E-state index is 13.4. The monoisotopic (exact) mass is 205 g/mol. The van der Waals surface area contributed by atoms with Crippen LogP contribution in [0.5, 0.6) is 0 Å². The van der Waals surface area contributed by atoms with Gasteiger partial charge in [0, 0.05) is 12.0 Å². The van der Waals surface area contributed by atoms with Gasteiger partial charge in [0.15, 0.2) is 0 Å². The van der Waals surface area contributed by atoms with Crippen molar-refractivity contribution in [3.8, 4) is 0 Å². The minimum atomic E-state index is -2.83. The van der Waals surface area contributed by atoms with Crippen LogP contribution in [0.1, 0.15) is 12.0 Å². The molecule has 0 amide bonds. The van der Waals surface area contributed by atoms with Crippen molar-refractivity contribution >= 4 is 10.8 Å². The third-order valence-electron chi connectivity index (χ3n) is 2.49. The lowest BCUT2D eigenvalue weighted by atomic mass is 10.0. The molecule has 0 aromatic heterocycles. The summed E-state index contributed by atoms with van der Waals surface area (Å²) in [6, 6.07) is 12.2. The third kappa shape index (κ3) is 1.84. The second-order valence-corrected chi connectivity index (χ2v) is 3.52. The van der Waals surface area contributed by atoms with Gasteiger partial charge in [-0.3, -0.25) is 0 Å². The van der Waals surface area contributed by atoms with E-state index in [-0.39, 0.29) is 5.56 Å². The molecular formula is C13H11F2. The van der Waals surface area contributed by atoms with Crippen molar-refractivity contribution in [3.63, 3.8) is 0 Å². The van der Waals surface area contributed by atoms with Gasteiger partial charge >= 0.3 is 0 Å². The summed E-state index contributed by atoms with van der Waals surface area (Å²) >= 11 is 0. The van der Waals surface area contributed by atoms with Crippen molar-refractivity contribution in [1.29, 1.82) is 0 Å². The van der Waals surface area contributed by atoms with Gasteiger partial charge in [-0.2, -0.15) is 0 Å². The van der Waals surface area contributed by atoms with Crippen LogP contribution in [0, 0.1) is 6.92 Å². The molecule has 2 rings (SSSR count). The largest absolute Gasteiger partial charge is 0.273 e. The molecule has 0 nitrogen and oxygen atoms in total. The highest BCUT2D eigenvalue weighted by atomic mass is 19.3.